The molecule has 102 valence electrons. The summed E-state index contributed by atoms with van der Waals surface area (Å²) in [7, 11) is 1.69. The van der Waals surface area contributed by atoms with Crippen LogP contribution in [0.15, 0.2) is 18.2 Å². The zero-order valence-electron chi connectivity index (χ0n) is 11.2. The first kappa shape index (κ1) is 14.9. The second-order valence-corrected chi connectivity index (χ2v) is 4.23. The molecule has 0 heterocycles. The van der Waals surface area contributed by atoms with Gasteiger partial charge in [-0.1, -0.05) is 6.07 Å². The summed E-state index contributed by atoms with van der Waals surface area (Å²) in [5.41, 5.74) is 1.01. The topological polar surface area (TPSA) is 30.5 Å². The largest absolute Gasteiger partial charge is 0.491 e. The highest BCUT2D eigenvalue weighted by molar-refractivity contribution is 5.29. The standard InChI is InChI=1S/C14H22FNO2/c1-12-5-6-13(15)14(11-12)18-9-4-3-7-16-8-10-17-2/h5-6,11,16H,3-4,7-10H2,1-2H3. The number of halogens is 1. The molecular formula is C14H22FNO2. The predicted molar refractivity (Wildman–Crippen MR) is 70.6 cm³/mol. The van der Waals surface area contributed by atoms with Gasteiger partial charge < -0.3 is 14.8 Å². The van der Waals surface area contributed by atoms with Crippen molar-refractivity contribution in [3.63, 3.8) is 0 Å². The van der Waals surface area contributed by atoms with Crippen molar-refractivity contribution in [2.75, 3.05) is 33.4 Å². The average Bonchev–Trinajstić information content (AvgIpc) is 2.36. The van der Waals surface area contributed by atoms with Gasteiger partial charge in [0.15, 0.2) is 11.6 Å². The summed E-state index contributed by atoms with van der Waals surface area (Å²) in [5.74, 6) is 0.0566. The van der Waals surface area contributed by atoms with Gasteiger partial charge in [-0.15, -0.1) is 0 Å². The van der Waals surface area contributed by atoms with Gasteiger partial charge in [0.05, 0.1) is 13.2 Å². The molecule has 0 bridgehead atoms. The predicted octanol–water partition coefficient (Wildman–Crippen LogP) is 2.53. The molecule has 3 nitrogen and oxygen atoms in total. The Balaban J connectivity index is 2.09. The molecule has 0 aliphatic carbocycles. The normalized spacial score (nSPS) is 10.6. The summed E-state index contributed by atoms with van der Waals surface area (Å²) in [6.45, 7) is 5.00. The van der Waals surface area contributed by atoms with Crippen molar-refractivity contribution in [1.82, 2.24) is 5.32 Å². The molecule has 0 saturated carbocycles. The molecule has 1 N–H and O–H groups in total. The van der Waals surface area contributed by atoms with Crippen LogP contribution < -0.4 is 10.1 Å². The molecule has 0 spiro atoms. The fourth-order valence-electron chi connectivity index (χ4n) is 1.55. The van der Waals surface area contributed by atoms with Crippen LogP contribution in [0.25, 0.3) is 0 Å². The highest BCUT2D eigenvalue weighted by atomic mass is 19.1. The maximum absolute atomic E-state index is 13.3. The zero-order valence-corrected chi connectivity index (χ0v) is 11.2. The molecule has 0 amide bonds. The third-order valence-electron chi connectivity index (χ3n) is 2.58. The molecule has 0 radical (unpaired) electrons. The molecule has 1 aromatic carbocycles. The van der Waals surface area contributed by atoms with E-state index in [-0.39, 0.29) is 5.82 Å². The van der Waals surface area contributed by atoms with Crippen LogP contribution >= 0.6 is 0 Å². The van der Waals surface area contributed by atoms with E-state index in [1.165, 1.54) is 6.07 Å². The van der Waals surface area contributed by atoms with Gasteiger partial charge in [0.25, 0.3) is 0 Å². The summed E-state index contributed by atoms with van der Waals surface area (Å²) < 4.78 is 23.7. The summed E-state index contributed by atoms with van der Waals surface area (Å²) in [6, 6.07) is 4.91. The van der Waals surface area contributed by atoms with Gasteiger partial charge in [-0.25, -0.2) is 4.39 Å². The van der Waals surface area contributed by atoms with Crippen molar-refractivity contribution in [2.24, 2.45) is 0 Å². The molecule has 0 saturated heterocycles. The Hall–Kier alpha value is -1.13. The molecule has 0 fully saturated rings. The van der Waals surface area contributed by atoms with Crippen LogP contribution in [0.1, 0.15) is 18.4 Å². The smallest absolute Gasteiger partial charge is 0.165 e. The second-order valence-electron chi connectivity index (χ2n) is 4.23. The summed E-state index contributed by atoms with van der Waals surface area (Å²) in [4.78, 5) is 0. The molecule has 18 heavy (non-hydrogen) atoms. The lowest BCUT2D eigenvalue weighted by atomic mass is 10.2. The maximum Gasteiger partial charge on any atom is 0.165 e. The Morgan fingerprint density at radius 1 is 1.17 bits per heavy atom. The van der Waals surface area contributed by atoms with Crippen molar-refractivity contribution >= 4 is 0 Å². The van der Waals surface area contributed by atoms with Gasteiger partial charge in [0, 0.05) is 13.7 Å². The van der Waals surface area contributed by atoms with Crippen LogP contribution in [0.4, 0.5) is 4.39 Å². The van der Waals surface area contributed by atoms with Crippen LogP contribution in [0, 0.1) is 12.7 Å². The highest BCUT2D eigenvalue weighted by Crippen LogP contribution is 2.18. The Kier molecular flexibility index (Phi) is 7.37. The molecule has 1 rings (SSSR count). The number of ether oxygens (including phenoxy) is 2. The second kappa shape index (κ2) is 8.89. The minimum absolute atomic E-state index is 0.293. The number of hydrogen-bond acceptors (Lipinski definition) is 3. The molecule has 1 aromatic rings. The third kappa shape index (κ3) is 5.98. The fraction of sp³-hybridized carbons (Fsp3) is 0.571. The summed E-state index contributed by atoms with van der Waals surface area (Å²) in [5, 5.41) is 3.25. The van der Waals surface area contributed by atoms with Gasteiger partial charge in [-0.3, -0.25) is 0 Å². The SMILES string of the molecule is COCCNCCCCOc1cc(C)ccc1F. The van der Waals surface area contributed by atoms with Gasteiger partial charge in [-0.2, -0.15) is 0 Å². The highest BCUT2D eigenvalue weighted by Gasteiger charge is 2.02. The van der Waals surface area contributed by atoms with Crippen molar-refractivity contribution in [2.45, 2.75) is 19.8 Å². The van der Waals surface area contributed by atoms with Crippen molar-refractivity contribution in [1.29, 1.82) is 0 Å². The van der Waals surface area contributed by atoms with E-state index >= 15 is 0 Å². The molecular weight excluding hydrogens is 233 g/mol. The van der Waals surface area contributed by atoms with Crippen molar-refractivity contribution in [3.8, 4) is 5.75 Å². The number of benzene rings is 1. The number of methoxy groups -OCH3 is 1. The number of aryl methyl sites for hydroxylation is 1. The van der Waals surface area contributed by atoms with Crippen LogP contribution in [-0.2, 0) is 4.74 Å². The monoisotopic (exact) mass is 255 g/mol. The van der Waals surface area contributed by atoms with Crippen molar-refractivity contribution in [3.05, 3.63) is 29.6 Å². The Bertz CT molecular complexity index is 345. The minimum Gasteiger partial charge on any atom is -0.491 e. The van der Waals surface area contributed by atoms with Crippen molar-refractivity contribution < 1.29 is 13.9 Å². The molecule has 0 atom stereocenters. The van der Waals surface area contributed by atoms with Crippen LogP contribution in [0.3, 0.4) is 0 Å². The lowest BCUT2D eigenvalue weighted by Crippen LogP contribution is -2.20. The first-order valence-electron chi connectivity index (χ1n) is 6.32. The fourth-order valence-corrected chi connectivity index (χ4v) is 1.55. The van der Waals surface area contributed by atoms with E-state index in [1.54, 1.807) is 19.2 Å². The van der Waals surface area contributed by atoms with Gasteiger partial charge >= 0.3 is 0 Å². The average molecular weight is 255 g/mol. The van der Waals surface area contributed by atoms with E-state index in [2.05, 4.69) is 5.32 Å². The van der Waals surface area contributed by atoms with Gasteiger partial charge in [-0.05, 0) is 44.0 Å². The van der Waals surface area contributed by atoms with Gasteiger partial charge in [0.2, 0.25) is 0 Å². The Morgan fingerprint density at radius 3 is 2.78 bits per heavy atom. The van der Waals surface area contributed by atoms with E-state index in [4.69, 9.17) is 9.47 Å². The minimum atomic E-state index is -0.293. The van der Waals surface area contributed by atoms with E-state index in [0.29, 0.717) is 12.4 Å². The van der Waals surface area contributed by atoms with Crippen LogP contribution in [0.5, 0.6) is 5.75 Å². The van der Waals surface area contributed by atoms with Crippen LogP contribution in [-0.4, -0.2) is 33.4 Å². The first-order valence-corrected chi connectivity index (χ1v) is 6.32. The van der Waals surface area contributed by atoms with E-state index in [1.807, 2.05) is 6.92 Å². The van der Waals surface area contributed by atoms with Gasteiger partial charge in [0.1, 0.15) is 0 Å². The Labute approximate surface area is 108 Å². The molecule has 4 heteroatoms. The van der Waals surface area contributed by atoms with Crippen LogP contribution in [0.2, 0.25) is 0 Å². The number of unbranched alkanes of at least 4 members (excludes halogenated alkanes) is 1. The van der Waals surface area contributed by atoms with E-state index in [9.17, 15) is 4.39 Å². The Morgan fingerprint density at radius 2 is 2.00 bits per heavy atom. The molecule has 0 aromatic heterocycles. The number of nitrogens with one attached hydrogen (secondary N) is 1. The lowest BCUT2D eigenvalue weighted by molar-refractivity contribution is 0.199. The quantitative estimate of drug-likeness (QED) is 0.688. The number of rotatable bonds is 9. The summed E-state index contributed by atoms with van der Waals surface area (Å²) in [6.07, 6.45) is 1.92. The zero-order chi connectivity index (χ0) is 13.2. The molecule has 0 aliphatic rings. The van der Waals surface area contributed by atoms with E-state index in [0.717, 1.165) is 38.1 Å². The molecule has 0 unspecified atom stereocenters. The lowest BCUT2D eigenvalue weighted by Gasteiger charge is -2.08. The first-order chi connectivity index (χ1) is 8.74. The molecule has 0 aliphatic heterocycles. The van der Waals surface area contributed by atoms with E-state index < -0.39 is 0 Å². The maximum atomic E-state index is 13.3. The third-order valence-corrected chi connectivity index (χ3v) is 2.58. The summed E-state index contributed by atoms with van der Waals surface area (Å²) >= 11 is 0. The number of hydrogen-bond donors (Lipinski definition) is 1.